The number of carbonyl (C=O) groups is 1. The molecule has 1 saturated heterocycles. The SMILES string of the molecule is CN(CCc1ccccn1)C(=O)OCC1COC(C)(C)O1. The van der Waals surface area contributed by atoms with Crippen LogP contribution in [0.3, 0.4) is 0 Å². The van der Waals surface area contributed by atoms with Crippen molar-refractivity contribution in [1.29, 1.82) is 0 Å². The van der Waals surface area contributed by atoms with Crippen molar-refractivity contribution in [2.75, 3.05) is 26.8 Å². The number of ether oxygens (including phenoxy) is 3. The van der Waals surface area contributed by atoms with E-state index in [4.69, 9.17) is 14.2 Å². The molecule has 116 valence electrons. The number of rotatable bonds is 5. The van der Waals surface area contributed by atoms with Gasteiger partial charge in [0, 0.05) is 31.9 Å². The second kappa shape index (κ2) is 6.87. The van der Waals surface area contributed by atoms with Crippen molar-refractivity contribution in [1.82, 2.24) is 9.88 Å². The number of likely N-dealkylation sites (N-methyl/N-ethyl adjacent to an activating group) is 1. The lowest BCUT2D eigenvalue weighted by atomic mass is 10.2. The van der Waals surface area contributed by atoms with Gasteiger partial charge in [0.2, 0.25) is 0 Å². The van der Waals surface area contributed by atoms with Crippen LogP contribution in [0.5, 0.6) is 0 Å². The van der Waals surface area contributed by atoms with Crippen molar-refractivity contribution in [2.45, 2.75) is 32.2 Å². The molecule has 0 radical (unpaired) electrons. The molecule has 1 fully saturated rings. The molecule has 0 N–H and O–H groups in total. The number of hydrogen-bond donors (Lipinski definition) is 0. The summed E-state index contributed by atoms with van der Waals surface area (Å²) in [5.41, 5.74) is 0.950. The molecule has 1 amide bonds. The zero-order chi connectivity index (χ0) is 15.3. The molecule has 1 unspecified atom stereocenters. The first-order valence-electron chi connectivity index (χ1n) is 7.06. The largest absolute Gasteiger partial charge is 0.447 e. The standard InChI is InChI=1S/C15H22N2O4/c1-15(2)20-11-13(21-15)10-19-14(18)17(3)9-7-12-6-4-5-8-16-12/h4-6,8,13H,7,9-11H2,1-3H3. The van der Waals surface area contributed by atoms with E-state index in [9.17, 15) is 4.79 Å². The van der Waals surface area contributed by atoms with Crippen LogP contribution in [0, 0.1) is 0 Å². The molecule has 1 aliphatic heterocycles. The number of hydrogen-bond acceptors (Lipinski definition) is 5. The van der Waals surface area contributed by atoms with E-state index in [0.717, 1.165) is 5.69 Å². The topological polar surface area (TPSA) is 60.9 Å². The Labute approximate surface area is 125 Å². The predicted molar refractivity (Wildman–Crippen MR) is 76.8 cm³/mol. The summed E-state index contributed by atoms with van der Waals surface area (Å²) in [5.74, 6) is -0.595. The van der Waals surface area contributed by atoms with Gasteiger partial charge >= 0.3 is 6.09 Å². The molecule has 0 spiro atoms. The zero-order valence-electron chi connectivity index (χ0n) is 12.7. The van der Waals surface area contributed by atoms with Crippen LogP contribution in [-0.4, -0.2) is 54.7 Å². The first-order valence-corrected chi connectivity index (χ1v) is 7.06. The summed E-state index contributed by atoms with van der Waals surface area (Å²) in [7, 11) is 1.71. The van der Waals surface area contributed by atoms with Crippen LogP contribution in [0.25, 0.3) is 0 Å². The second-order valence-electron chi connectivity index (χ2n) is 5.52. The highest BCUT2D eigenvalue weighted by Gasteiger charge is 2.33. The second-order valence-corrected chi connectivity index (χ2v) is 5.52. The third-order valence-corrected chi connectivity index (χ3v) is 3.20. The first kappa shape index (κ1) is 15.7. The highest BCUT2D eigenvalue weighted by Crippen LogP contribution is 2.22. The molecule has 6 heteroatoms. The molecule has 6 nitrogen and oxygen atoms in total. The Hall–Kier alpha value is -1.66. The molecule has 0 aromatic carbocycles. The van der Waals surface area contributed by atoms with Gasteiger partial charge < -0.3 is 19.1 Å². The van der Waals surface area contributed by atoms with Gasteiger partial charge in [0.15, 0.2) is 5.79 Å². The van der Waals surface area contributed by atoms with Crippen LogP contribution in [0.1, 0.15) is 19.5 Å². The maximum Gasteiger partial charge on any atom is 0.409 e. The summed E-state index contributed by atoms with van der Waals surface area (Å²) < 4.78 is 16.2. The van der Waals surface area contributed by atoms with Gasteiger partial charge in [-0.05, 0) is 26.0 Å². The third-order valence-electron chi connectivity index (χ3n) is 3.20. The molecular formula is C15H22N2O4. The van der Waals surface area contributed by atoms with E-state index >= 15 is 0 Å². The molecule has 0 bridgehead atoms. The Morgan fingerprint density at radius 2 is 2.33 bits per heavy atom. The van der Waals surface area contributed by atoms with Gasteiger partial charge in [-0.15, -0.1) is 0 Å². The van der Waals surface area contributed by atoms with E-state index in [-0.39, 0.29) is 18.8 Å². The minimum absolute atomic E-state index is 0.201. The summed E-state index contributed by atoms with van der Waals surface area (Å²) in [4.78, 5) is 17.6. The van der Waals surface area contributed by atoms with E-state index in [0.29, 0.717) is 19.6 Å². The fourth-order valence-corrected chi connectivity index (χ4v) is 2.04. The van der Waals surface area contributed by atoms with Gasteiger partial charge in [-0.1, -0.05) is 6.07 Å². The fraction of sp³-hybridized carbons (Fsp3) is 0.600. The number of amides is 1. The number of nitrogens with zero attached hydrogens (tertiary/aromatic N) is 2. The molecule has 21 heavy (non-hydrogen) atoms. The Bertz CT molecular complexity index is 464. The van der Waals surface area contributed by atoms with Gasteiger partial charge in [-0.25, -0.2) is 4.79 Å². The van der Waals surface area contributed by atoms with Gasteiger partial charge in [0.25, 0.3) is 0 Å². The smallest absolute Gasteiger partial charge is 0.409 e. The van der Waals surface area contributed by atoms with E-state index < -0.39 is 5.79 Å². The first-order chi connectivity index (χ1) is 9.96. The fourth-order valence-electron chi connectivity index (χ4n) is 2.04. The summed E-state index contributed by atoms with van der Waals surface area (Å²) in [6.45, 7) is 4.89. The highest BCUT2D eigenvalue weighted by atomic mass is 16.7. The van der Waals surface area contributed by atoms with Crippen LogP contribution >= 0.6 is 0 Å². The van der Waals surface area contributed by atoms with Crippen molar-refractivity contribution < 1.29 is 19.0 Å². The van der Waals surface area contributed by atoms with E-state index in [1.54, 1.807) is 13.2 Å². The molecule has 0 aliphatic carbocycles. The Morgan fingerprint density at radius 3 is 2.95 bits per heavy atom. The van der Waals surface area contributed by atoms with Crippen molar-refractivity contribution in [2.24, 2.45) is 0 Å². The van der Waals surface area contributed by atoms with Crippen LogP contribution in [0.4, 0.5) is 4.79 Å². The van der Waals surface area contributed by atoms with E-state index in [1.807, 2.05) is 32.0 Å². The highest BCUT2D eigenvalue weighted by molar-refractivity contribution is 5.67. The number of aromatic nitrogens is 1. The Kier molecular flexibility index (Phi) is 5.14. The van der Waals surface area contributed by atoms with E-state index in [2.05, 4.69) is 4.98 Å². The minimum Gasteiger partial charge on any atom is -0.447 e. The molecule has 1 aliphatic rings. The van der Waals surface area contributed by atoms with Crippen molar-refractivity contribution in [3.8, 4) is 0 Å². The maximum absolute atomic E-state index is 11.9. The lowest BCUT2D eigenvalue weighted by Crippen LogP contribution is -2.33. The molecular weight excluding hydrogens is 272 g/mol. The van der Waals surface area contributed by atoms with Crippen LogP contribution in [-0.2, 0) is 20.6 Å². The molecule has 1 aromatic rings. The van der Waals surface area contributed by atoms with Gasteiger partial charge in [0.05, 0.1) is 6.61 Å². The lowest BCUT2D eigenvalue weighted by Gasteiger charge is -2.19. The van der Waals surface area contributed by atoms with Crippen molar-refractivity contribution in [3.63, 3.8) is 0 Å². The summed E-state index contributed by atoms with van der Waals surface area (Å²) in [6, 6.07) is 5.73. The summed E-state index contributed by atoms with van der Waals surface area (Å²) in [6.07, 6.45) is 1.88. The van der Waals surface area contributed by atoms with Crippen LogP contribution in [0.15, 0.2) is 24.4 Å². The summed E-state index contributed by atoms with van der Waals surface area (Å²) in [5, 5.41) is 0. The average molecular weight is 294 g/mol. The quantitative estimate of drug-likeness (QED) is 0.829. The zero-order valence-corrected chi connectivity index (χ0v) is 12.7. The van der Waals surface area contributed by atoms with Crippen molar-refractivity contribution >= 4 is 6.09 Å². The Balaban J connectivity index is 1.68. The maximum atomic E-state index is 11.9. The number of pyridine rings is 1. The van der Waals surface area contributed by atoms with Crippen molar-refractivity contribution in [3.05, 3.63) is 30.1 Å². The van der Waals surface area contributed by atoms with Crippen LogP contribution in [0.2, 0.25) is 0 Å². The monoisotopic (exact) mass is 294 g/mol. The molecule has 1 atom stereocenters. The number of carbonyl (C=O) groups excluding carboxylic acids is 1. The normalized spacial score (nSPS) is 20.2. The molecule has 1 aromatic heterocycles. The molecule has 2 rings (SSSR count). The predicted octanol–water partition coefficient (Wildman–Crippen LogP) is 1.84. The molecule has 2 heterocycles. The van der Waals surface area contributed by atoms with Gasteiger partial charge in [-0.2, -0.15) is 0 Å². The van der Waals surface area contributed by atoms with E-state index in [1.165, 1.54) is 4.90 Å². The van der Waals surface area contributed by atoms with Gasteiger partial charge in [-0.3, -0.25) is 4.98 Å². The average Bonchev–Trinajstić information content (AvgIpc) is 2.82. The van der Waals surface area contributed by atoms with Crippen LogP contribution < -0.4 is 0 Å². The lowest BCUT2D eigenvalue weighted by molar-refractivity contribution is -0.142. The minimum atomic E-state index is -0.595. The third kappa shape index (κ3) is 4.99. The molecule has 0 saturated carbocycles. The van der Waals surface area contributed by atoms with Gasteiger partial charge in [0.1, 0.15) is 12.7 Å². The summed E-state index contributed by atoms with van der Waals surface area (Å²) >= 11 is 0. The Morgan fingerprint density at radius 1 is 1.52 bits per heavy atom.